The second kappa shape index (κ2) is 7.91. The van der Waals surface area contributed by atoms with E-state index in [1.807, 2.05) is 18.3 Å². The number of aromatic amines is 1. The highest BCUT2D eigenvalue weighted by atomic mass is 16.5. The third-order valence-corrected chi connectivity index (χ3v) is 6.29. The lowest BCUT2D eigenvalue weighted by molar-refractivity contribution is 0.166. The zero-order chi connectivity index (χ0) is 19.6. The Morgan fingerprint density at radius 2 is 1.86 bits per heavy atom. The molecule has 2 fully saturated rings. The molecular formula is C22H28N6O. The number of anilines is 2. The third-order valence-electron chi connectivity index (χ3n) is 6.29. The first-order chi connectivity index (χ1) is 14.3. The van der Waals surface area contributed by atoms with Gasteiger partial charge in [0.15, 0.2) is 0 Å². The molecule has 0 radical (unpaired) electrons. The average Bonchev–Trinajstić information content (AvgIpc) is 3.28. The minimum Gasteiger partial charge on any atom is -0.495 e. The average molecular weight is 393 g/mol. The van der Waals surface area contributed by atoms with E-state index in [0.29, 0.717) is 6.04 Å². The number of methoxy groups -OCH3 is 1. The van der Waals surface area contributed by atoms with Gasteiger partial charge in [-0.25, -0.2) is 9.97 Å². The van der Waals surface area contributed by atoms with E-state index >= 15 is 0 Å². The molecule has 1 N–H and O–H groups in total. The fourth-order valence-electron chi connectivity index (χ4n) is 4.77. The summed E-state index contributed by atoms with van der Waals surface area (Å²) in [5.74, 6) is 2.03. The van der Waals surface area contributed by atoms with Gasteiger partial charge >= 0.3 is 0 Å². The maximum atomic E-state index is 5.56. The van der Waals surface area contributed by atoms with Gasteiger partial charge in [-0.2, -0.15) is 0 Å². The van der Waals surface area contributed by atoms with Crippen molar-refractivity contribution in [2.75, 3.05) is 56.2 Å². The van der Waals surface area contributed by atoms with Crippen LogP contribution in [0.1, 0.15) is 12.8 Å². The Morgan fingerprint density at radius 3 is 2.72 bits per heavy atom. The van der Waals surface area contributed by atoms with E-state index in [1.165, 1.54) is 18.5 Å². The second-order valence-electron chi connectivity index (χ2n) is 7.87. The van der Waals surface area contributed by atoms with Crippen molar-refractivity contribution in [3.63, 3.8) is 0 Å². The van der Waals surface area contributed by atoms with Crippen LogP contribution in [0.25, 0.3) is 11.0 Å². The molecule has 1 aromatic carbocycles. The number of hydrogen-bond donors (Lipinski definition) is 1. The van der Waals surface area contributed by atoms with Gasteiger partial charge in [0, 0.05) is 51.5 Å². The molecule has 0 bridgehead atoms. The van der Waals surface area contributed by atoms with Crippen molar-refractivity contribution < 1.29 is 4.74 Å². The smallest absolute Gasteiger partial charge is 0.142 e. The fraction of sp³-hybridized carbons (Fsp3) is 0.455. The summed E-state index contributed by atoms with van der Waals surface area (Å²) in [6, 6.07) is 11.0. The van der Waals surface area contributed by atoms with Crippen molar-refractivity contribution in [2.45, 2.75) is 18.9 Å². The monoisotopic (exact) mass is 392 g/mol. The van der Waals surface area contributed by atoms with E-state index in [4.69, 9.17) is 4.74 Å². The number of aromatic nitrogens is 3. The van der Waals surface area contributed by atoms with E-state index in [2.05, 4.69) is 47.9 Å². The van der Waals surface area contributed by atoms with Crippen molar-refractivity contribution in [2.24, 2.45) is 0 Å². The number of piperazine rings is 1. The zero-order valence-corrected chi connectivity index (χ0v) is 16.9. The fourth-order valence-corrected chi connectivity index (χ4v) is 4.77. The van der Waals surface area contributed by atoms with Crippen LogP contribution in [-0.2, 0) is 0 Å². The number of rotatable bonds is 4. The Labute approximate surface area is 171 Å². The van der Waals surface area contributed by atoms with E-state index in [1.54, 1.807) is 13.4 Å². The quantitative estimate of drug-likeness (QED) is 0.737. The standard InChI is InChI=1S/C22H28N6O/c1-29-20-7-3-2-6-19(20)27-13-11-26(12-14-27)17-5-4-10-28(15-17)22-18-8-9-23-21(18)24-16-25-22/h2-3,6-9,16-17H,4-5,10-15H2,1H3,(H,23,24,25)/t17-/m1/s1. The molecule has 2 aliphatic rings. The molecule has 1 atom stereocenters. The van der Waals surface area contributed by atoms with E-state index < -0.39 is 0 Å². The summed E-state index contributed by atoms with van der Waals surface area (Å²) >= 11 is 0. The Hall–Kier alpha value is -2.80. The lowest BCUT2D eigenvalue weighted by Crippen LogP contribution is -2.55. The van der Waals surface area contributed by atoms with Crippen molar-refractivity contribution in [1.29, 1.82) is 0 Å². The van der Waals surface area contributed by atoms with Crippen LogP contribution < -0.4 is 14.5 Å². The molecule has 2 aromatic heterocycles. The molecule has 29 heavy (non-hydrogen) atoms. The lowest BCUT2D eigenvalue weighted by atomic mass is 10.0. The van der Waals surface area contributed by atoms with Crippen molar-refractivity contribution in [3.8, 4) is 5.75 Å². The highest BCUT2D eigenvalue weighted by Crippen LogP contribution is 2.30. The zero-order valence-electron chi connectivity index (χ0n) is 16.9. The number of fused-ring (bicyclic) bond motifs is 1. The highest BCUT2D eigenvalue weighted by molar-refractivity contribution is 5.87. The number of benzene rings is 1. The van der Waals surface area contributed by atoms with Gasteiger partial charge in [0.2, 0.25) is 0 Å². The van der Waals surface area contributed by atoms with Crippen LogP contribution in [-0.4, -0.2) is 72.3 Å². The first kappa shape index (κ1) is 18.2. The first-order valence-corrected chi connectivity index (χ1v) is 10.5. The van der Waals surface area contributed by atoms with Gasteiger partial charge in [0.05, 0.1) is 18.2 Å². The first-order valence-electron chi connectivity index (χ1n) is 10.5. The number of ether oxygens (including phenoxy) is 1. The SMILES string of the molecule is COc1ccccc1N1CCN([C@@H]2CCCN(c3ncnc4[nH]ccc34)C2)CC1. The topological polar surface area (TPSA) is 60.5 Å². The summed E-state index contributed by atoms with van der Waals surface area (Å²) in [5, 5.41) is 1.12. The normalized spacial score (nSPS) is 20.9. The van der Waals surface area contributed by atoms with E-state index in [-0.39, 0.29) is 0 Å². The molecule has 0 amide bonds. The Morgan fingerprint density at radius 1 is 1.00 bits per heavy atom. The maximum Gasteiger partial charge on any atom is 0.142 e. The molecule has 0 unspecified atom stereocenters. The highest BCUT2D eigenvalue weighted by Gasteiger charge is 2.30. The molecule has 0 saturated carbocycles. The summed E-state index contributed by atoms with van der Waals surface area (Å²) in [6.07, 6.45) is 6.07. The number of hydrogen-bond acceptors (Lipinski definition) is 6. The molecule has 2 aliphatic heterocycles. The molecule has 3 aromatic rings. The second-order valence-corrected chi connectivity index (χ2v) is 7.87. The minimum absolute atomic E-state index is 0.576. The van der Waals surface area contributed by atoms with Gasteiger partial charge in [0.1, 0.15) is 23.5 Å². The van der Waals surface area contributed by atoms with Gasteiger partial charge in [-0.15, -0.1) is 0 Å². The molecule has 5 rings (SSSR count). The molecule has 0 aliphatic carbocycles. The van der Waals surface area contributed by atoms with Crippen LogP contribution in [0.15, 0.2) is 42.9 Å². The lowest BCUT2D eigenvalue weighted by Gasteiger charge is -2.44. The predicted molar refractivity (Wildman–Crippen MR) is 116 cm³/mol. The summed E-state index contributed by atoms with van der Waals surface area (Å²) in [6.45, 7) is 6.33. The molecule has 0 spiro atoms. The van der Waals surface area contributed by atoms with E-state index in [9.17, 15) is 0 Å². The third kappa shape index (κ3) is 3.51. The molecule has 152 valence electrons. The van der Waals surface area contributed by atoms with Crippen molar-refractivity contribution >= 4 is 22.5 Å². The van der Waals surface area contributed by atoms with Crippen LogP contribution in [0, 0.1) is 0 Å². The Kier molecular flexibility index (Phi) is 4.97. The van der Waals surface area contributed by atoms with Crippen LogP contribution in [0.2, 0.25) is 0 Å². The van der Waals surface area contributed by atoms with Gasteiger partial charge < -0.3 is 19.5 Å². The summed E-state index contributed by atoms with van der Waals surface area (Å²) < 4.78 is 5.56. The van der Waals surface area contributed by atoms with Crippen LogP contribution in [0.4, 0.5) is 11.5 Å². The number of nitrogens with zero attached hydrogens (tertiary/aromatic N) is 5. The molecule has 2 saturated heterocycles. The largest absolute Gasteiger partial charge is 0.495 e. The van der Waals surface area contributed by atoms with Gasteiger partial charge in [-0.05, 0) is 31.0 Å². The molecule has 7 nitrogen and oxygen atoms in total. The van der Waals surface area contributed by atoms with Crippen LogP contribution in [0.5, 0.6) is 5.75 Å². The van der Waals surface area contributed by atoms with Crippen LogP contribution in [0.3, 0.4) is 0 Å². The minimum atomic E-state index is 0.576. The number of para-hydroxylation sites is 2. The number of H-pyrrole nitrogens is 1. The van der Waals surface area contributed by atoms with Crippen LogP contribution >= 0.6 is 0 Å². The molecular weight excluding hydrogens is 364 g/mol. The number of piperidine rings is 1. The Balaban J connectivity index is 1.26. The van der Waals surface area contributed by atoms with Gasteiger partial charge in [-0.3, -0.25) is 4.90 Å². The van der Waals surface area contributed by atoms with Crippen molar-refractivity contribution in [1.82, 2.24) is 19.9 Å². The summed E-state index contributed by atoms with van der Waals surface area (Å²) in [4.78, 5) is 19.7. The van der Waals surface area contributed by atoms with Gasteiger partial charge in [-0.1, -0.05) is 12.1 Å². The number of nitrogens with one attached hydrogen (secondary N) is 1. The molecule has 7 heteroatoms. The van der Waals surface area contributed by atoms with Gasteiger partial charge in [0.25, 0.3) is 0 Å². The summed E-state index contributed by atoms with van der Waals surface area (Å²) in [5.41, 5.74) is 2.12. The predicted octanol–water partition coefficient (Wildman–Crippen LogP) is 2.76. The maximum absolute atomic E-state index is 5.56. The summed E-state index contributed by atoms with van der Waals surface area (Å²) in [7, 11) is 1.75. The van der Waals surface area contributed by atoms with Crippen molar-refractivity contribution in [3.05, 3.63) is 42.9 Å². The van der Waals surface area contributed by atoms with E-state index in [0.717, 1.165) is 61.9 Å². The Bertz CT molecular complexity index is 965. The molecule has 4 heterocycles.